The molecule has 1 aromatic carbocycles. The van der Waals surface area contributed by atoms with Crippen LogP contribution >= 0.6 is 0 Å². The van der Waals surface area contributed by atoms with Crippen molar-refractivity contribution in [1.82, 2.24) is 10.6 Å². The topological polar surface area (TPSA) is 41.1 Å². The monoisotopic (exact) mass is 302 g/mol. The van der Waals surface area contributed by atoms with Crippen LogP contribution in [0, 0.1) is 11.8 Å². The highest BCUT2D eigenvalue weighted by Crippen LogP contribution is 2.24. The van der Waals surface area contributed by atoms with E-state index in [1.54, 1.807) is 0 Å². The number of carbonyl (C=O) groups is 1. The zero-order valence-electron chi connectivity index (χ0n) is 14.1. The Bertz CT molecular complexity index is 458. The van der Waals surface area contributed by atoms with Gasteiger partial charge in [0.15, 0.2) is 0 Å². The maximum Gasteiger partial charge on any atom is 0.234 e. The fourth-order valence-electron chi connectivity index (χ4n) is 3.39. The molecule has 0 aromatic heterocycles. The van der Waals surface area contributed by atoms with Gasteiger partial charge in [-0.2, -0.15) is 0 Å². The summed E-state index contributed by atoms with van der Waals surface area (Å²) in [5.41, 5.74) is 1.25. The lowest BCUT2D eigenvalue weighted by Crippen LogP contribution is -2.45. The van der Waals surface area contributed by atoms with Crippen LogP contribution in [-0.2, 0) is 4.79 Å². The summed E-state index contributed by atoms with van der Waals surface area (Å²) in [7, 11) is 0. The predicted octanol–water partition coefficient (Wildman–Crippen LogP) is 3.67. The van der Waals surface area contributed by atoms with Crippen molar-refractivity contribution in [2.45, 2.75) is 58.5 Å². The first-order valence-corrected chi connectivity index (χ1v) is 8.65. The average molecular weight is 302 g/mol. The molecule has 1 amide bonds. The Morgan fingerprint density at radius 2 is 1.86 bits per heavy atom. The molecule has 1 aliphatic carbocycles. The molecule has 0 radical (unpaired) electrons. The van der Waals surface area contributed by atoms with Gasteiger partial charge in [-0.25, -0.2) is 0 Å². The largest absolute Gasteiger partial charge is 0.352 e. The lowest BCUT2D eigenvalue weighted by atomic mass is 9.86. The first kappa shape index (κ1) is 17.0. The summed E-state index contributed by atoms with van der Waals surface area (Å²) in [5.74, 6) is 1.18. The van der Waals surface area contributed by atoms with Gasteiger partial charge in [0, 0.05) is 12.1 Å². The Labute approximate surface area is 134 Å². The lowest BCUT2D eigenvalue weighted by molar-refractivity contribution is -0.121. The van der Waals surface area contributed by atoms with Crippen molar-refractivity contribution in [1.29, 1.82) is 0 Å². The van der Waals surface area contributed by atoms with E-state index in [0.29, 0.717) is 24.4 Å². The van der Waals surface area contributed by atoms with Crippen LogP contribution < -0.4 is 10.6 Å². The van der Waals surface area contributed by atoms with Gasteiger partial charge in [-0.1, -0.05) is 63.9 Å². The molecule has 0 aliphatic heterocycles. The molecule has 122 valence electrons. The number of hydrogen-bond donors (Lipinski definition) is 2. The van der Waals surface area contributed by atoms with Gasteiger partial charge in [0.2, 0.25) is 5.91 Å². The SMILES string of the molecule is CC(C)[C@@H](NCC(=O)N[C@H]1CCCC[C@H]1C)c1ccccc1. The van der Waals surface area contributed by atoms with Crippen molar-refractivity contribution in [2.75, 3.05) is 6.54 Å². The van der Waals surface area contributed by atoms with Gasteiger partial charge in [-0.15, -0.1) is 0 Å². The summed E-state index contributed by atoms with van der Waals surface area (Å²) < 4.78 is 0. The van der Waals surface area contributed by atoms with E-state index in [1.165, 1.54) is 24.8 Å². The van der Waals surface area contributed by atoms with Crippen molar-refractivity contribution in [3.8, 4) is 0 Å². The molecule has 3 nitrogen and oxygen atoms in total. The highest BCUT2D eigenvalue weighted by Gasteiger charge is 2.23. The quantitative estimate of drug-likeness (QED) is 0.842. The fourth-order valence-corrected chi connectivity index (χ4v) is 3.39. The minimum atomic E-state index is 0.125. The van der Waals surface area contributed by atoms with Gasteiger partial charge < -0.3 is 10.6 Å². The molecule has 0 spiro atoms. The van der Waals surface area contributed by atoms with Crippen molar-refractivity contribution >= 4 is 5.91 Å². The standard InChI is InChI=1S/C19H30N2O/c1-14(2)19(16-10-5-4-6-11-16)20-13-18(22)21-17-12-8-7-9-15(17)3/h4-6,10-11,14-15,17,19-20H,7-9,12-13H2,1-3H3,(H,21,22)/t15-,17+,19-/m1/s1. The average Bonchev–Trinajstić information content (AvgIpc) is 2.50. The molecule has 0 unspecified atom stereocenters. The van der Waals surface area contributed by atoms with Crippen LogP contribution in [0.15, 0.2) is 30.3 Å². The van der Waals surface area contributed by atoms with E-state index in [4.69, 9.17) is 0 Å². The van der Waals surface area contributed by atoms with E-state index in [1.807, 2.05) is 6.07 Å². The van der Waals surface area contributed by atoms with E-state index in [9.17, 15) is 4.79 Å². The number of benzene rings is 1. The molecule has 1 fully saturated rings. The van der Waals surface area contributed by atoms with Gasteiger partial charge in [0.25, 0.3) is 0 Å². The summed E-state index contributed by atoms with van der Waals surface area (Å²) in [6, 6.07) is 11.0. The third-order valence-corrected chi connectivity index (χ3v) is 4.77. The van der Waals surface area contributed by atoms with Crippen LogP contribution in [0.2, 0.25) is 0 Å². The van der Waals surface area contributed by atoms with Gasteiger partial charge in [0.1, 0.15) is 0 Å². The Morgan fingerprint density at radius 1 is 1.18 bits per heavy atom. The van der Waals surface area contributed by atoms with Crippen LogP contribution in [0.3, 0.4) is 0 Å². The molecule has 0 saturated heterocycles. The number of rotatable bonds is 6. The molecule has 2 rings (SSSR count). The first-order valence-electron chi connectivity index (χ1n) is 8.65. The highest BCUT2D eigenvalue weighted by molar-refractivity contribution is 5.78. The molecular weight excluding hydrogens is 272 g/mol. The molecule has 3 heteroatoms. The Balaban J connectivity index is 1.85. The third-order valence-electron chi connectivity index (χ3n) is 4.77. The summed E-state index contributed by atoms with van der Waals surface area (Å²) in [5, 5.41) is 6.64. The normalized spacial score (nSPS) is 23.3. The van der Waals surface area contributed by atoms with Crippen molar-refractivity contribution in [2.24, 2.45) is 11.8 Å². The van der Waals surface area contributed by atoms with Crippen molar-refractivity contribution in [3.05, 3.63) is 35.9 Å². The van der Waals surface area contributed by atoms with Crippen molar-refractivity contribution < 1.29 is 4.79 Å². The number of carbonyl (C=O) groups excluding carboxylic acids is 1. The van der Waals surface area contributed by atoms with Crippen LogP contribution in [-0.4, -0.2) is 18.5 Å². The van der Waals surface area contributed by atoms with Crippen LogP contribution in [0.4, 0.5) is 0 Å². The van der Waals surface area contributed by atoms with E-state index in [2.05, 4.69) is 55.7 Å². The molecule has 3 atom stereocenters. The highest BCUT2D eigenvalue weighted by atomic mass is 16.2. The van der Waals surface area contributed by atoms with E-state index < -0.39 is 0 Å². The van der Waals surface area contributed by atoms with Gasteiger partial charge in [-0.3, -0.25) is 4.79 Å². The molecular formula is C19H30N2O. The van der Waals surface area contributed by atoms with Gasteiger partial charge in [-0.05, 0) is 30.2 Å². The molecule has 1 aromatic rings. The molecule has 22 heavy (non-hydrogen) atoms. The molecule has 2 N–H and O–H groups in total. The fraction of sp³-hybridized carbons (Fsp3) is 0.632. The molecule has 0 bridgehead atoms. The maximum atomic E-state index is 12.2. The lowest BCUT2D eigenvalue weighted by Gasteiger charge is -2.30. The smallest absolute Gasteiger partial charge is 0.234 e. The van der Waals surface area contributed by atoms with E-state index in [0.717, 1.165) is 6.42 Å². The van der Waals surface area contributed by atoms with E-state index >= 15 is 0 Å². The Morgan fingerprint density at radius 3 is 2.50 bits per heavy atom. The second-order valence-corrected chi connectivity index (χ2v) is 6.95. The molecule has 0 heterocycles. The van der Waals surface area contributed by atoms with Crippen LogP contribution in [0.1, 0.15) is 58.1 Å². The molecule has 1 saturated carbocycles. The number of nitrogens with one attached hydrogen (secondary N) is 2. The predicted molar refractivity (Wildman–Crippen MR) is 91.6 cm³/mol. The Hall–Kier alpha value is -1.35. The van der Waals surface area contributed by atoms with Crippen molar-refractivity contribution in [3.63, 3.8) is 0 Å². The maximum absolute atomic E-state index is 12.2. The summed E-state index contributed by atoms with van der Waals surface area (Å²) in [4.78, 5) is 12.2. The summed E-state index contributed by atoms with van der Waals surface area (Å²) in [6.07, 6.45) is 4.90. The summed E-state index contributed by atoms with van der Waals surface area (Å²) in [6.45, 7) is 7.01. The minimum absolute atomic E-state index is 0.125. The number of amides is 1. The molecule has 1 aliphatic rings. The minimum Gasteiger partial charge on any atom is -0.352 e. The van der Waals surface area contributed by atoms with E-state index in [-0.39, 0.29) is 11.9 Å². The van der Waals surface area contributed by atoms with Gasteiger partial charge in [0.05, 0.1) is 6.54 Å². The number of hydrogen-bond acceptors (Lipinski definition) is 2. The van der Waals surface area contributed by atoms with Crippen LogP contribution in [0.5, 0.6) is 0 Å². The Kier molecular flexibility index (Phi) is 6.44. The van der Waals surface area contributed by atoms with Crippen LogP contribution in [0.25, 0.3) is 0 Å². The van der Waals surface area contributed by atoms with Gasteiger partial charge >= 0.3 is 0 Å². The first-order chi connectivity index (χ1) is 10.6. The second-order valence-electron chi connectivity index (χ2n) is 6.95. The summed E-state index contributed by atoms with van der Waals surface area (Å²) >= 11 is 0. The zero-order valence-corrected chi connectivity index (χ0v) is 14.1. The third kappa shape index (κ3) is 4.84. The zero-order chi connectivity index (χ0) is 15.9. The second kappa shape index (κ2) is 8.33.